The van der Waals surface area contributed by atoms with Gasteiger partial charge in [0.05, 0.1) is 68.9 Å². The molecule has 11 atom stereocenters. The van der Waals surface area contributed by atoms with Crippen LogP contribution in [0, 0.1) is 16.7 Å². The number of carbonyl (C=O) groups is 11. The number of aliphatic hydroxyl groups excluding tert-OH is 2. The smallest absolute Gasteiger partial charge is 0.408 e. The van der Waals surface area contributed by atoms with E-state index in [1.165, 1.54) is 86.0 Å². The number of nitrogens with zero attached hydrogens (tertiary/aromatic N) is 4. The number of ether oxygens (including phenoxy) is 6. The SMILES string of the molecule is CC(=O)O[C@@]12COC1C[C@H](O)[C@@]1(C)C(=O)[C@H](O)C3=C(C)[C@@H](OC(=O)[C@H](OC(=O)CN(CCN(CCN(CCN(CC(=O)O)CC(=O)O)CC(=O)O)CC(=O)O)CC(=O)O)[C@@H](NC(=O)OC(C)(C)C)c4ccccc4)C[C@@](O)([C@@H](OC(=O)c4ccccc4)C21)C3(C)C. The van der Waals surface area contributed by atoms with Crippen LogP contribution in [0.1, 0.15) is 90.2 Å². The summed E-state index contributed by atoms with van der Waals surface area (Å²) in [4.78, 5) is 151. The van der Waals surface area contributed by atoms with Crippen molar-refractivity contribution < 1.29 is 122 Å². The minimum Gasteiger partial charge on any atom is -0.480 e. The lowest BCUT2D eigenvalue weighted by Gasteiger charge is -2.67. The van der Waals surface area contributed by atoms with Crippen LogP contribution in [0.5, 0.6) is 0 Å². The minimum absolute atomic E-state index is 0.0332. The molecule has 2 unspecified atom stereocenters. The second kappa shape index (κ2) is 29.5. The highest BCUT2D eigenvalue weighted by molar-refractivity contribution is 5.94. The number of benzene rings is 2. The van der Waals surface area contributed by atoms with E-state index < -0.39 is 201 Å². The zero-order valence-corrected chi connectivity index (χ0v) is 51.8. The molecule has 0 radical (unpaired) electrons. The molecule has 0 aromatic heterocycles. The topological polar surface area (TPSA) is 430 Å². The molecular formula is C61H81N5O25. The molecular weight excluding hydrogens is 1200 g/mol. The second-order valence-electron chi connectivity index (χ2n) is 25.0. The Labute approximate surface area is 523 Å². The van der Waals surface area contributed by atoms with Crippen LogP contribution in [0.2, 0.25) is 0 Å². The van der Waals surface area contributed by atoms with Crippen LogP contribution < -0.4 is 5.32 Å². The number of alkyl carbamates (subject to hydrolysis) is 1. The van der Waals surface area contributed by atoms with Gasteiger partial charge in [-0.25, -0.2) is 14.4 Å². The Hall–Kier alpha value is -7.97. The number of hydrogen-bond acceptors (Lipinski definition) is 24. The number of Topliss-reactive ketones (excluding diaryl/α,β-unsaturated/α-hetero) is 1. The third kappa shape index (κ3) is 17.1. The summed E-state index contributed by atoms with van der Waals surface area (Å²) in [5, 5.41) is 89.3. The third-order valence-electron chi connectivity index (χ3n) is 17.1. The highest BCUT2D eigenvalue weighted by Gasteiger charge is 2.78. The standard InChI is InChI=1S/C61H81N5O25/c1-34-38(26-61(85)53(89-54(82)37-17-13-10-14-18-37)51-59(8,52(81)49(80)47(34)58(61,6)7)39(68)25-40-60(51,33-86-40)90-35(2)67)87-55(83)50(48(36-15-11-9-12-16-36)62-56(84)91-57(3,4)5)88-46(79)32-66(31-45(77)78)24-22-64(28-42(71)72)20-19-63(27-41(69)70)21-23-65(29-43(73)74)30-44(75)76/h9-18,38-40,48-51,53,68,80,85H,19-33H2,1-8H3,(H,62,84)(H,69,70)(H,71,72)(H,73,74)(H,75,76)(H,77,78)/t38-,39-,40?,48-,49+,50+,51?,53-,59+,60-,61+/m0/s1. The number of carbonyl (C=O) groups excluding carboxylic acids is 6. The fourth-order valence-electron chi connectivity index (χ4n) is 12.8. The van der Waals surface area contributed by atoms with Crippen LogP contribution in [0.15, 0.2) is 71.8 Å². The molecule has 1 amide bonds. The maximum absolute atomic E-state index is 15.5. The normalized spacial score (nSPS) is 25.7. The number of carboxylic acids is 5. The summed E-state index contributed by atoms with van der Waals surface area (Å²) in [6.07, 6.45) is -13.3. The maximum Gasteiger partial charge on any atom is 0.408 e. The zero-order chi connectivity index (χ0) is 67.7. The predicted octanol–water partition coefficient (Wildman–Crippen LogP) is 0.441. The molecule has 3 aliphatic carbocycles. The van der Waals surface area contributed by atoms with Crippen molar-refractivity contribution in [2.24, 2.45) is 16.7 Å². The van der Waals surface area contributed by atoms with Crippen molar-refractivity contribution in [3.05, 3.63) is 82.9 Å². The molecule has 1 saturated heterocycles. The number of rotatable bonds is 30. The van der Waals surface area contributed by atoms with E-state index in [0.29, 0.717) is 0 Å². The number of ketones is 1. The average Bonchev–Trinajstić information content (AvgIpc) is 0.672. The van der Waals surface area contributed by atoms with E-state index in [1.54, 1.807) is 32.9 Å². The molecule has 4 aliphatic rings. The van der Waals surface area contributed by atoms with Crippen molar-refractivity contribution in [1.82, 2.24) is 24.9 Å². The number of esters is 4. The first kappa shape index (κ1) is 72.1. The fourth-order valence-corrected chi connectivity index (χ4v) is 12.8. The van der Waals surface area contributed by atoms with Gasteiger partial charge in [0.2, 0.25) is 6.10 Å². The van der Waals surface area contributed by atoms with Crippen LogP contribution in [0.4, 0.5) is 4.79 Å². The molecule has 0 spiro atoms. The summed E-state index contributed by atoms with van der Waals surface area (Å²) in [5.41, 5.74) is -9.89. The Bertz CT molecular complexity index is 3070. The number of aliphatic hydroxyl groups is 3. The summed E-state index contributed by atoms with van der Waals surface area (Å²) in [6, 6.07) is 13.3. The van der Waals surface area contributed by atoms with Crippen molar-refractivity contribution in [2.75, 3.05) is 85.1 Å². The lowest BCUT2D eigenvalue weighted by atomic mass is 9.44. The average molecular weight is 1280 g/mol. The van der Waals surface area contributed by atoms with Crippen LogP contribution in [0.25, 0.3) is 0 Å². The molecule has 2 aromatic carbocycles. The largest absolute Gasteiger partial charge is 0.480 e. The molecule has 9 N–H and O–H groups in total. The van der Waals surface area contributed by atoms with E-state index in [4.69, 9.17) is 28.4 Å². The number of carboxylic acid groups (broad SMARTS) is 5. The van der Waals surface area contributed by atoms with E-state index in [2.05, 4.69) is 5.32 Å². The van der Waals surface area contributed by atoms with Crippen molar-refractivity contribution >= 4 is 65.6 Å². The van der Waals surface area contributed by atoms with Gasteiger partial charge >= 0.3 is 59.8 Å². The highest BCUT2D eigenvalue weighted by atomic mass is 16.6. The highest BCUT2D eigenvalue weighted by Crippen LogP contribution is 2.64. The molecule has 91 heavy (non-hydrogen) atoms. The molecule has 6 rings (SSSR count). The van der Waals surface area contributed by atoms with Crippen molar-refractivity contribution in [3.8, 4) is 0 Å². The first-order chi connectivity index (χ1) is 42.4. The van der Waals surface area contributed by atoms with Gasteiger partial charge in [0, 0.05) is 64.4 Å². The van der Waals surface area contributed by atoms with E-state index in [1.807, 2.05) is 0 Å². The maximum atomic E-state index is 15.5. The van der Waals surface area contributed by atoms with Gasteiger partial charge in [0.15, 0.2) is 11.4 Å². The van der Waals surface area contributed by atoms with E-state index in [9.17, 15) is 84.0 Å². The molecule has 30 heteroatoms. The Morgan fingerprint density at radius 3 is 1.63 bits per heavy atom. The predicted molar refractivity (Wildman–Crippen MR) is 311 cm³/mol. The Kier molecular flexibility index (Phi) is 23.4. The summed E-state index contributed by atoms with van der Waals surface area (Å²) in [7, 11) is 0. The number of aliphatic carboxylic acids is 5. The van der Waals surface area contributed by atoms with Gasteiger partial charge in [-0.05, 0) is 63.5 Å². The molecule has 1 heterocycles. The van der Waals surface area contributed by atoms with Crippen LogP contribution >= 0.6 is 0 Å². The summed E-state index contributed by atoms with van der Waals surface area (Å²) < 4.78 is 36.2. The fraction of sp³-hybridized carbons (Fsp3) is 0.590. The van der Waals surface area contributed by atoms with Gasteiger partial charge in [-0.15, -0.1) is 0 Å². The Morgan fingerprint density at radius 2 is 1.16 bits per heavy atom. The van der Waals surface area contributed by atoms with Gasteiger partial charge in [0.1, 0.15) is 41.7 Å². The first-order valence-electron chi connectivity index (χ1n) is 29.3. The van der Waals surface area contributed by atoms with E-state index in [-0.39, 0.29) is 61.4 Å². The third-order valence-corrected chi connectivity index (χ3v) is 17.1. The van der Waals surface area contributed by atoms with Gasteiger partial charge < -0.3 is 74.6 Å². The quantitative estimate of drug-likeness (QED) is 0.0291. The van der Waals surface area contributed by atoms with Crippen molar-refractivity contribution in [3.63, 3.8) is 0 Å². The summed E-state index contributed by atoms with van der Waals surface area (Å²) >= 11 is 0. The van der Waals surface area contributed by atoms with Crippen LogP contribution in [-0.2, 0) is 71.6 Å². The molecule has 30 nitrogen and oxygen atoms in total. The Balaban J connectivity index is 1.40. The molecule has 2 aromatic rings. The van der Waals surface area contributed by atoms with Gasteiger partial charge in [-0.2, -0.15) is 0 Å². The molecule has 2 saturated carbocycles. The summed E-state index contributed by atoms with van der Waals surface area (Å²) in [6.45, 7) is 4.81. The molecule has 500 valence electrons. The second-order valence-corrected chi connectivity index (χ2v) is 25.0. The number of fused-ring (bicyclic) bond motifs is 5. The monoisotopic (exact) mass is 1280 g/mol. The lowest BCUT2D eigenvalue weighted by Crippen LogP contribution is -2.81. The number of hydrogen-bond donors (Lipinski definition) is 9. The lowest BCUT2D eigenvalue weighted by molar-refractivity contribution is -0.346. The Morgan fingerprint density at radius 1 is 0.692 bits per heavy atom. The van der Waals surface area contributed by atoms with Gasteiger partial charge in [0.25, 0.3) is 0 Å². The van der Waals surface area contributed by atoms with E-state index >= 15 is 9.59 Å². The van der Waals surface area contributed by atoms with Crippen molar-refractivity contribution in [1.29, 1.82) is 0 Å². The molecule has 2 bridgehead atoms. The van der Waals surface area contributed by atoms with Gasteiger partial charge in [-0.1, -0.05) is 62.4 Å². The van der Waals surface area contributed by atoms with E-state index in [0.717, 1.165) is 16.7 Å². The zero-order valence-electron chi connectivity index (χ0n) is 51.8. The molecule has 3 fully saturated rings. The van der Waals surface area contributed by atoms with Crippen molar-refractivity contribution in [2.45, 2.75) is 128 Å². The van der Waals surface area contributed by atoms with Gasteiger partial charge in [-0.3, -0.25) is 58.0 Å². The summed E-state index contributed by atoms with van der Waals surface area (Å²) in [5.74, 6) is -14.3. The van der Waals surface area contributed by atoms with Crippen LogP contribution in [0.3, 0.4) is 0 Å². The first-order valence-corrected chi connectivity index (χ1v) is 29.3. The van der Waals surface area contributed by atoms with Crippen LogP contribution in [-0.4, -0.2) is 265 Å². The number of nitrogens with one attached hydrogen (secondary N) is 1. The number of amides is 1. The molecule has 1 aliphatic heterocycles. The minimum atomic E-state index is -2.60.